The fraction of sp³-hybridized carbons (Fsp3) is 0.286. The van der Waals surface area contributed by atoms with E-state index >= 15 is 0 Å². The van der Waals surface area contributed by atoms with Gasteiger partial charge in [-0.1, -0.05) is 18.2 Å². The summed E-state index contributed by atoms with van der Waals surface area (Å²) in [5.74, 6) is -1.61. The molecule has 3 aromatic rings. The van der Waals surface area contributed by atoms with Gasteiger partial charge >= 0.3 is 5.97 Å². The van der Waals surface area contributed by atoms with Crippen molar-refractivity contribution in [1.29, 1.82) is 0 Å². The third kappa shape index (κ3) is 6.19. The first-order chi connectivity index (χ1) is 17.7. The molecular weight excluding hydrogens is 472 g/mol. The van der Waals surface area contributed by atoms with E-state index in [4.69, 9.17) is 15.6 Å². The molecule has 192 valence electrons. The lowest BCUT2D eigenvalue weighted by Crippen LogP contribution is -2.53. The third-order valence-electron chi connectivity index (χ3n) is 6.56. The molecule has 2 aromatic carbocycles. The first-order valence-corrected chi connectivity index (χ1v) is 12.0. The number of benzene rings is 2. The van der Waals surface area contributed by atoms with Crippen LogP contribution < -0.4 is 11.1 Å². The fourth-order valence-corrected chi connectivity index (χ4v) is 4.47. The van der Waals surface area contributed by atoms with Crippen molar-refractivity contribution in [2.45, 2.75) is 32.5 Å². The number of carbonyl (C=O) groups excluding carboxylic acids is 2. The largest absolute Gasteiger partial charge is 0.478 e. The van der Waals surface area contributed by atoms with Gasteiger partial charge in [0.2, 0.25) is 11.8 Å². The maximum Gasteiger partial charge on any atom is 0.335 e. The van der Waals surface area contributed by atoms with Gasteiger partial charge in [0.1, 0.15) is 6.04 Å². The molecule has 4 rings (SSSR count). The molecule has 0 radical (unpaired) electrons. The van der Waals surface area contributed by atoms with Gasteiger partial charge in [-0.25, -0.2) is 4.79 Å². The predicted molar refractivity (Wildman–Crippen MR) is 138 cm³/mol. The summed E-state index contributed by atoms with van der Waals surface area (Å²) in [7, 11) is 0. The molecule has 37 heavy (non-hydrogen) atoms. The van der Waals surface area contributed by atoms with Crippen molar-refractivity contribution in [2.24, 2.45) is 5.73 Å². The molecule has 4 N–H and O–H groups in total. The molecule has 1 aromatic heterocycles. The van der Waals surface area contributed by atoms with Gasteiger partial charge in [-0.05, 0) is 66.4 Å². The number of nitrogens with two attached hydrogens (primary N) is 1. The van der Waals surface area contributed by atoms with Gasteiger partial charge in [0, 0.05) is 36.6 Å². The molecular formula is C28H30N4O5. The number of morpholine rings is 1. The number of rotatable bonds is 8. The summed E-state index contributed by atoms with van der Waals surface area (Å²) < 4.78 is 5.62. The van der Waals surface area contributed by atoms with E-state index in [-0.39, 0.29) is 24.1 Å². The minimum Gasteiger partial charge on any atom is -0.478 e. The smallest absolute Gasteiger partial charge is 0.335 e. The summed E-state index contributed by atoms with van der Waals surface area (Å²) in [5, 5.41) is 12.1. The van der Waals surface area contributed by atoms with Gasteiger partial charge in [-0.2, -0.15) is 0 Å². The fourth-order valence-electron chi connectivity index (χ4n) is 4.47. The number of hydrogen-bond donors (Lipinski definition) is 3. The highest BCUT2D eigenvalue weighted by molar-refractivity contribution is 5.93. The van der Waals surface area contributed by atoms with Crippen LogP contribution in [0, 0.1) is 6.92 Å². The number of amides is 2. The van der Waals surface area contributed by atoms with Crippen LogP contribution in [0.5, 0.6) is 0 Å². The quantitative estimate of drug-likeness (QED) is 0.431. The number of ether oxygens (including phenoxy) is 1. The Morgan fingerprint density at radius 1 is 1.14 bits per heavy atom. The number of nitrogens with zero attached hydrogens (tertiary/aromatic N) is 2. The van der Waals surface area contributed by atoms with E-state index in [1.807, 2.05) is 26.0 Å². The molecule has 0 unspecified atom stereocenters. The normalized spacial score (nSPS) is 16.6. The van der Waals surface area contributed by atoms with Crippen LogP contribution in [0.3, 0.4) is 0 Å². The second-order valence-corrected chi connectivity index (χ2v) is 9.19. The number of pyridine rings is 1. The van der Waals surface area contributed by atoms with Crippen LogP contribution in [0.2, 0.25) is 0 Å². The second kappa shape index (κ2) is 11.3. The van der Waals surface area contributed by atoms with Crippen LogP contribution in [0.15, 0.2) is 60.9 Å². The molecule has 1 fully saturated rings. The van der Waals surface area contributed by atoms with E-state index in [1.165, 1.54) is 12.1 Å². The first-order valence-electron chi connectivity index (χ1n) is 12.0. The van der Waals surface area contributed by atoms with Crippen molar-refractivity contribution in [2.75, 3.05) is 19.8 Å². The number of aryl methyl sites for hydroxylation is 1. The summed E-state index contributed by atoms with van der Waals surface area (Å²) in [6.45, 7) is 5.70. The third-order valence-corrected chi connectivity index (χ3v) is 6.56. The van der Waals surface area contributed by atoms with Crippen LogP contribution in [0.4, 0.5) is 0 Å². The average molecular weight is 503 g/mol. The summed E-state index contributed by atoms with van der Waals surface area (Å²) in [5.41, 5.74) is 10.6. The Labute approximate surface area is 215 Å². The van der Waals surface area contributed by atoms with Crippen molar-refractivity contribution in [3.8, 4) is 11.1 Å². The number of nitrogens with one attached hydrogen (secondary N) is 1. The van der Waals surface area contributed by atoms with Crippen LogP contribution in [0.1, 0.15) is 50.4 Å². The Morgan fingerprint density at radius 3 is 2.54 bits per heavy atom. The van der Waals surface area contributed by atoms with Crippen molar-refractivity contribution in [3.63, 3.8) is 0 Å². The zero-order valence-corrected chi connectivity index (χ0v) is 20.8. The van der Waals surface area contributed by atoms with Crippen molar-refractivity contribution in [3.05, 3.63) is 88.7 Å². The monoisotopic (exact) mass is 502 g/mol. The molecule has 0 saturated carbocycles. The Kier molecular flexibility index (Phi) is 7.95. The molecule has 0 bridgehead atoms. The van der Waals surface area contributed by atoms with Gasteiger partial charge in [0.05, 0.1) is 24.8 Å². The zero-order chi connectivity index (χ0) is 26.5. The van der Waals surface area contributed by atoms with Crippen molar-refractivity contribution in [1.82, 2.24) is 15.2 Å². The number of carboxylic acids is 1. The topological polar surface area (TPSA) is 135 Å². The molecule has 9 nitrogen and oxygen atoms in total. The molecule has 1 aliphatic rings. The highest BCUT2D eigenvalue weighted by atomic mass is 16.5. The van der Waals surface area contributed by atoms with Crippen LogP contribution in [0.25, 0.3) is 11.1 Å². The molecule has 2 heterocycles. The van der Waals surface area contributed by atoms with Crippen LogP contribution in [-0.2, 0) is 16.1 Å². The summed E-state index contributed by atoms with van der Waals surface area (Å²) in [6.07, 6.45) is 3.56. The number of aromatic nitrogens is 1. The standard InChI is InChI=1S/C28H30N4O5/c1-17-11-22(26(29)33)7-8-24(17)23-12-19(13-30-14-23)15-32-9-10-37-16-25(32)27(34)31-18(2)20-3-5-21(6-4-20)28(35)36/h3-8,11-14,18,25H,9-10,15-16H2,1-2H3,(H2,29,33)(H,31,34)(H,35,36)/t18-,25+/m0/s1. The Balaban J connectivity index is 1.46. The Hall–Kier alpha value is -4.08. The van der Waals surface area contributed by atoms with Gasteiger partial charge in [-0.3, -0.25) is 19.5 Å². The summed E-state index contributed by atoms with van der Waals surface area (Å²) in [6, 6.07) is 13.1. The minimum atomic E-state index is -0.991. The van der Waals surface area contributed by atoms with Crippen LogP contribution >= 0.6 is 0 Å². The van der Waals surface area contributed by atoms with Crippen molar-refractivity contribution >= 4 is 17.8 Å². The summed E-state index contributed by atoms with van der Waals surface area (Å²) >= 11 is 0. The SMILES string of the molecule is Cc1cc(C(N)=O)ccc1-c1cncc(CN2CCOC[C@@H]2C(=O)N[C@@H](C)c2ccc(C(=O)O)cc2)c1. The minimum absolute atomic E-state index is 0.156. The highest BCUT2D eigenvalue weighted by Crippen LogP contribution is 2.25. The lowest BCUT2D eigenvalue weighted by molar-refractivity contribution is -0.133. The van der Waals surface area contributed by atoms with Crippen molar-refractivity contribution < 1.29 is 24.2 Å². The van der Waals surface area contributed by atoms with Gasteiger partial charge in [0.25, 0.3) is 0 Å². The number of carbonyl (C=O) groups is 3. The molecule has 0 spiro atoms. The van der Waals surface area contributed by atoms with Gasteiger partial charge < -0.3 is 20.9 Å². The lowest BCUT2D eigenvalue weighted by Gasteiger charge is -2.35. The van der Waals surface area contributed by atoms with E-state index in [2.05, 4.69) is 15.2 Å². The molecule has 1 aliphatic heterocycles. The van der Waals surface area contributed by atoms with E-state index in [1.54, 1.807) is 36.7 Å². The number of aromatic carboxylic acids is 1. The highest BCUT2D eigenvalue weighted by Gasteiger charge is 2.30. The summed E-state index contributed by atoms with van der Waals surface area (Å²) in [4.78, 5) is 42.3. The van der Waals surface area contributed by atoms with E-state index in [9.17, 15) is 14.4 Å². The molecule has 2 atom stereocenters. The maximum atomic E-state index is 13.2. The first kappa shape index (κ1) is 26.0. The average Bonchev–Trinajstić information content (AvgIpc) is 2.89. The number of carboxylic acid groups (broad SMARTS) is 1. The molecule has 9 heteroatoms. The molecule has 2 amide bonds. The zero-order valence-electron chi connectivity index (χ0n) is 20.8. The Morgan fingerprint density at radius 2 is 1.86 bits per heavy atom. The van der Waals surface area contributed by atoms with Gasteiger partial charge in [0.15, 0.2) is 0 Å². The van der Waals surface area contributed by atoms with E-state index in [0.29, 0.717) is 25.3 Å². The van der Waals surface area contributed by atoms with Gasteiger partial charge in [-0.15, -0.1) is 0 Å². The van der Waals surface area contributed by atoms with E-state index in [0.717, 1.165) is 27.8 Å². The van der Waals surface area contributed by atoms with Crippen LogP contribution in [-0.4, -0.2) is 58.6 Å². The molecule has 0 aliphatic carbocycles. The predicted octanol–water partition coefficient (Wildman–Crippen LogP) is 2.93. The number of hydrogen-bond acceptors (Lipinski definition) is 6. The lowest BCUT2D eigenvalue weighted by atomic mass is 9.98. The Bertz CT molecular complexity index is 1310. The van der Waals surface area contributed by atoms with E-state index < -0.39 is 17.9 Å². The second-order valence-electron chi connectivity index (χ2n) is 9.19. The number of primary amides is 1. The molecule has 1 saturated heterocycles. The maximum absolute atomic E-state index is 13.2.